The molecule has 1 aliphatic rings. The minimum absolute atomic E-state index is 0.950. The molecule has 0 saturated heterocycles. The molecule has 0 amide bonds. The third-order valence-corrected chi connectivity index (χ3v) is 4.06. The lowest BCUT2D eigenvalue weighted by Gasteiger charge is -2.16. The Morgan fingerprint density at radius 3 is 2.68 bits per heavy atom. The number of hydrogen-bond donors (Lipinski definition) is 1. The van der Waals surface area contributed by atoms with Crippen LogP contribution >= 0.6 is 0 Å². The Bertz CT molecular complexity index is 617. The number of rotatable bonds is 1. The highest BCUT2D eigenvalue weighted by atomic mass is 15.1. The SMILES string of the molecule is CN(C)c1ccc2nc3c(c(N)c2c1)CCCCC3. The van der Waals surface area contributed by atoms with Crippen molar-refractivity contribution in [1.82, 2.24) is 4.98 Å². The molecule has 3 nitrogen and oxygen atoms in total. The molecule has 0 unspecified atom stereocenters. The Kier molecular flexibility index (Phi) is 3.05. The Labute approximate surface area is 114 Å². The van der Waals surface area contributed by atoms with Crippen LogP contribution in [0.4, 0.5) is 11.4 Å². The maximum Gasteiger partial charge on any atom is 0.0727 e. The molecule has 1 aliphatic carbocycles. The lowest BCUT2D eigenvalue weighted by molar-refractivity contribution is 0.709. The highest BCUT2D eigenvalue weighted by molar-refractivity contribution is 5.94. The molecule has 0 atom stereocenters. The maximum absolute atomic E-state index is 6.42. The molecule has 100 valence electrons. The predicted molar refractivity (Wildman–Crippen MR) is 81.7 cm³/mol. The second-order valence-corrected chi connectivity index (χ2v) is 5.61. The topological polar surface area (TPSA) is 42.2 Å². The van der Waals surface area contributed by atoms with Crippen LogP contribution < -0.4 is 10.6 Å². The van der Waals surface area contributed by atoms with Crippen molar-refractivity contribution >= 4 is 22.3 Å². The molecule has 0 aliphatic heterocycles. The number of nitrogens with two attached hydrogens (primary N) is 1. The zero-order chi connectivity index (χ0) is 13.4. The van der Waals surface area contributed by atoms with Crippen LogP contribution in [0.5, 0.6) is 0 Å². The summed E-state index contributed by atoms with van der Waals surface area (Å²) in [6, 6.07) is 6.35. The van der Waals surface area contributed by atoms with Gasteiger partial charge in [0.1, 0.15) is 0 Å². The largest absolute Gasteiger partial charge is 0.398 e. The van der Waals surface area contributed by atoms with E-state index in [2.05, 4.69) is 23.1 Å². The van der Waals surface area contributed by atoms with E-state index in [9.17, 15) is 0 Å². The van der Waals surface area contributed by atoms with Crippen molar-refractivity contribution in [3.63, 3.8) is 0 Å². The van der Waals surface area contributed by atoms with E-state index in [1.54, 1.807) is 0 Å². The molecule has 2 aromatic rings. The monoisotopic (exact) mass is 255 g/mol. The van der Waals surface area contributed by atoms with Gasteiger partial charge in [-0.15, -0.1) is 0 Å². The van der Waals surface area contributed by atoms with Crippen LogP contribution in [-0.4, -0.2) is 19.1 Å². The van der Waals surface area contributed by atoms with E-state index in [0.717, 1.165) is 29.4 Å². The quantitative estimate of drug-likeness (QED) is 0.796. The molecule has 0 bridgehead atoms. The van der Waals surface area contributed by atoms with E-state index >= 15 is 0 Å². The summed E-state index contributed by atoms with van der Waals surface area (Å²) in [6.07, 6.45) is 5.91. The molecule has 1 aromatic carbocycles. The van der Waals surface area contributed by atoms with Gasteiger partial charge in [-0.3, -0.25) is 4.98 Å². The van der Waals surface area contributed by atoms with Gasteiger partial charge >= 0.3 is 0 Å². The molecule has 3 heteroatoms. The molecule has 0 saturated carbocycles. The minimum atomic E-state index is 0.950. The van der Waals surface area contributed by atoms with E-state index in [4.69, 9.17) is 10.7 Å². The maximum atomic E-state index is 6.42. The average molecular weight is 255 g/mol. The molecule has 2 N–H and O–H groups in total. The first-order valence-electron chi connectivity index (χ1n) is 7.05. The molecule has 3 rings (SSSR count). The number of fused-ring (bicyclic) bond motifs is 2. The van der Waals surface area contributed by atoms with Crippen molar-refractivity contribution in [3.05, 3.63) is 29.5 Å². The second-order valence-electron chi connectivity index (χ2n) is 5.61. The fourth-order valence-corrected chi connectivity index (χ4v) is 2.90. The van der Waals surface area contributed by atoms with E-state index < -0.39 is 0 Å². The summed E-state index contributed by atoms with van der Waals surface area (Å²) in [6.45, 7) is 0. The fourth-order valence-electron chi connectivity index (χ4n) is 2.90. The van der Waals surface area contributed by atoms with Crippen molar-refractivity contribution in [2.24, 2.45) is 0 Å². The van der Waals surface area contributed by atoms with Gasteiger partial charge in [-0.2, -0.15) is 0 Å². The average Bonchev–Trinajstić information content (AvgIpc) is 2.64. The number of pyridine rings is 1. The molecule has 1 aromatic heterocycles. The normalized spacial score (nSPS) is 15.1. The van der Waals surface area contributed by atoms with Gasteiger partial charge in [0.05, 0.1) is 5.52 Å². The van der Waals surface area contributed by atoms with Crippen LogP contribution in [0.25, 0.3) is 10.9 Å². The molecular weight excluding hydrogens is 234 g/mol. The molecule has 1 heterocycles. The highest BCUT2D eigenvalue weighted by Crippen LogP contribution is 2.32. The van der Waals surface area contributed by atoms with Crippen LogP contribution in [0.3, 0.4) is 0 Å². The van der Waals surface area contributed by atoms with E-state index in [0.29, 0.717) is 0 Å². The Hall–Kier alpha value is -1.77. The number of nitrogens with zero attached hydrogens (tertiary/aromatic N) is 2. The van der Waals surface area contributed by atoms with Crippen LogP contribution in [0.15, 0.2) is 18.2 Å². The van der Waals surface area contributed by atoms with Gasteiger partial charge in [0.2, 0.25) is 0 Å². The summed E-state index contributed by atoms with van der Waals surface area (Å²) in [7, 11) is 4.10. The standard InChI is InChI=1S/C16H21N3/c1-19(2)11-8-9-15-13(10-11)16(17)12-6-4-3-5-7-14(12)18-15/h8-10H,3-7H2,1-2H3,(H2,17,18). The van der Waals surface area contributed by atoms with Crippen LogP contribution in [-0.2, 0) is 12.8 Å². The zero-order valence-corrected chi connectivity index (χ0v) is 11.7. The molecule has 0 spiro atoms. The van der Waals surface area contributed by atoms with Gasteiger partial charge in [0.15, 0.2) is 0 Å². The summed E-state index contributed by atoms with van der Waals surface area (Å²) in [5.74, 6) is 0. The third kappa shape index (κ3) is 2.14. The van der Waals surface area contributed by atoms with Gasteiger partial charge in [0, 0.05) is 36.6 Å². The van der Waals surface area contributed by atoms with Crippen molar-refractivity contribution < 1.29 is 0 Å². The van der Waals surface area contributed by atoms with Crippen LogP contribution in [0, 0.1) is 0 Å². The summed E-state index contributed by atoms with van der Waals surface area (Å²) in [5.41, 5.74) is 12.1. The van der Waals surface area contributed by atoms with Gasteiger partial charge in [-0.25, -0.2) is 0 Å². The number of benzene rings is 1. The lowest BCUT2D eigenvalue weighted by atomic mass is 10.0. The number of aryl methyl sites for hydroxylation is 1. The number of nitrogen functional groups attached to an aromatic ring is 1. The fraction of sp³-hybridized carbons (Fsp3) is 0.438. The second kappa shape index (κ2) is 4.72. The van der Waals surface area contributed by atoms with Gasteiger partial charge in [0.25, 0.3) is 0 Å². The highest BCUT2D eigenvalue weighted by Gasteiger charge is 2.15. The van der Waals surface area contributed by atoms with Crippen molar-refractivity contribution in [1.29, 1.82) is 0 Å². The summed E-state index contributed by atoms with van der Waals surface area (Å²) in [4.78, 5) is 6.94. The Morgan fingerprint density at radius 2 is 1.89 bits per heavy atom. The summed E-state index contributed by atoms with van der Waals surface area (Å²) >= 11 is 0. The third-order valence-electron chi connectivity index (χ3n) is 4.06. The molecule has 0 fully saturated rings. The first-order valence-corrected chi connectivity index (χ1v) is 7.05. The first-order chi connectivity index (χ1) is 9.16. The zero-order valence-electron chi connectivity index (χ0n) is 11.7. The Morgan fingerprint density at radius 1 is 1.11 bits per heavy atom. The summed E-state index contributed by atoms with van der Waals surface area (Å²) < 4.78 is 0. The smallest absolute Gasteiger partial charge is 0.0727 e. The number of anilines is 2. The number of aromatic nitrogens is 1. The Balaban J connectivity index is 2.22. The van der Waals surface area contributed by atoms with Crippen LogP contribution in [0.2, 0.25) is 0 Å². The van der Waals surface area contributed by atoms with Crippen molar-refractivity contribution in [3.8, 4) is 0 Å². The summed E-state index contributed by atoms with van der Waals surface area (Å²) in [5, 5.41) is 1.10. The number of hydrogen-bond acceptors (Lipinski definition) is 3. The van der Waals surface area contributed by atoms with Crippen LogP contribution in [0.1, 0.15) is 30.5 Å². The van der Waals surface area contributed by atoms with E-state index in [1.807, 2.05) is 14.1 Å². The van der Waals surface area contributed by atoms with E-state index in [1.165, 1.54) is 36.2 Å². The predicted octanol–water partition coefficient (Wildman–Crippen LogP) is 3.15. The first kappa shape index (κ1) is 12.3. The van der Waals surface area contributed by atoms with Gasteiger partial charge < -0.3 is 10.6 Å². The van der Waals surface area contributed by atoms with E-state index in [-0.39, 0.29) is 0 Å². The van der Waals surface area contributed by atoms with Crippen molar-refractivity contribution in [2.75, 3.05) is 24.7 Å². The van der Waals surface area contributed by atoms with Gasteiger partial charge in [-0.05, 0) is 49.4 Å². The lowest BCUT2D eigenvalue weighted by Crippen LogP contribution is -2.09. The minimum Gasteiger partial charge on any atom is -0.398 e. The molecular formula is C16H21N3. The molecule has 0 radical (unpaired) electrons. The van der Waals surface area contributed by atoms with Crippen molar-refractivity contribution in [2.45, 2.75) is 32.1 Å². The molecule has 19 heavy (non-hydrogen) atoms. The van der Waals surface area contributed by atoms with Gasteiger partial charge in [-0.1, -0.05) is 6.42 Å².